The van der Waals surface area contributed by atoms with Crippen molar-refractivity contribution < 1.29 is 18.3 Å². The quantitative estimate of drug-likeness (QED) is 0.729. The van der Waals surface area contributed by atoms with E-state index in [1.807, 2.05) is 0 Å². The van der Waals surface area contributed by atoms with Gasteiger partial charge in [-0.25, -0.2) is 0 Å². The molecule has 1 aromatic heterocycles. The highest BCUT2D eigenvalue weighted by atomic mass is 19.4. The number of nitrogens with zero attached hydrogens (tertiary/aromatic N) is 1. The molecule has 1 heterocycles. The number of para-hydroxylation sites is 1. The zero-order valence-electron chi connectivity index (χ0n) is 7.42. The molecule has 0 saturated heterocycles. The molecule has 0 aliphatic rings. The third-order valence-electron chi connectivity index (χ3n) is 2.06. The zero-order valence-corrected chi connectivity index (χ0v) is 7.42. The number of phenols is 1. The Labute approximate surface area is 83.0 Å². The predicted octanol–water partition coefficient (Wildman–Crippen LogP) is 2.96. The fourth-order valence-electron chi connectivity index (χ4n) is 1.41. The molecule has 1 N–H and O–H groups in total. The molecule has 0 amide bonds. The maximum Gasteiger partial charge on any atom is 0.417 e. The number of pyridine rings is 1. The Morgan fingerprint density at radius 2 is 1.87 bits per heavy atom. The Kier molecular flexibility index (Phi) is 2.03. The molecule has 2 rings (SSSR count). The van der Waals surface area contributed by atoms with Gasteiger partial charge in [0.2, 0.25) is 0 Å². The van der Waals surface area contributed by atoms with Crippen LogP contribution in [0.2, 0.25) is 0 Å². The number of benzene rings is 1. The molecule has 1 aromatic carbocycles. The van der Waals surface area contributed by atoms with Gasteiger partial charge in [0.1, 0.15) is 11.3 Å². The van der Waals surface area contributed by atoms with Crippen LogP contribution in [-0.2, 0) is 6.18 Å². The molecule has 0 spiro atoms. The summed E-state index contributed by atoms with van der Waals surface area (Å²) in [6.07, 6.45) is -3.40. The number of aromatic nitrogens is 1. The summed E-state index contributed by atoms with van der Waals surface area (Å²) in [7, 11) is 0. The largest absolute Gasteiger partial charge is 0.506 e. The first-order chi connectivity index (χ1) is 7.00. The van der Waals surface area contributed by atoms with Crippen LogP contribution < -0.4 is 0 Å². The molecule has 0 radical (unpaired) electrons. The first-order valence-electron chi connectivity index (χ1n) is 4.14. The summed E-state index contributed by atoms with van der Waals surface area (Å²) in [5.41, 5.74) is -0.823. The normalized spacial score (nSPS) is 11.9. The number of hydrogen-bond acceptors (Lipinski definition) is 2. The van der Waals surface area contributed by atoms with Crippen LogP contribution in [0.3, 0.4) is 0 Å². The lowest BCUT2D eigenvalue weighted by atomic mass is 10.1. The third-order valence-corrected chi connectivity index (χ3v) is 2.06. The summed E-state index contributed by atoms with van der Waals surface area (Å²) >= 11 is 0. The molecule has 0 saturated carbocycles. The van der Waals surface area contributed by atoms with Crippen molar-refractivity contribution in [1.29, 1.82) is 0 Å². The van der Waals surface area contributed by atoms with E-state index >= 15 is 0 Å². The Bertz CT molecular complexity index is 507. The monoisotopic (exact) mass is 213 g/mol. The lowest BCUT2D eigenvalue weighted by molar-refractivity contribution is -0.136. The zero-order chi connectivity index (χ0) is 11.1. The van der Waals surface area contributed by atoms with Crippen molar-refractivity contribution in [3.05, 3.63) is 36.0 Å². The lowest BCUT2D eigenvalue weighted by Gasteiger charge is -2.09. The fraction of sp³-hybridized carbons (Fsp3) is 0.100. The molecule has 5 heteroatoms. The molecule has 0 aliphatic heterocycles. The van der Waals surface area contributed by atoms with E-state index < -0.39 is 11.7 Å². The second kappa shape index (κ2) is 3.12. The molecule has 2 aromatic rings. The summed E-state index contributed by atoms with van der Waals surface area (Å²) < 4.78 is 37.6. The summed E-state index contributed by atoms with van der Waals surface area (Å²) in [6.45, 7) is 0. The average Bonchev–Trinajstić information content (AvgIpc) is 2.16. The third kappa shape index (κ3) is 1.60. The molecule has 78 valence electrons. The van der Waals surface area contributed by atoms with Gasteiger partial charge >= 0.3 is 6.18 Å². The van der Waals surface area contributed by atoms with E-state index in [2.05, 4.69) is 4.98 Å². The average molecular weight is 213 g/mol. The first kappa shape index (κ1) is 9.76. The van der Waals surface area contributed by atoms with Gasteiger partial charge in [-0.05, 0) is 12.1 Å². The number of rotatable bonds is 0. The van der Waals surface area contributed by atoms with Gasteiger partial charge in [0.05, 0.1) is 5.56 Å². The summed E-state index contributed by atoms with van der Waals surface area (Å²) in [6, 6.07) is 4.83. The standard InChI is InChI=1S/C10H6F3NO/c11-10(12,13)7-4-5-14-9-6(7)2-1-3-8(9)15/h1-5,15H. The molecule has 0 aliphatic carbocycles. The number of aromatic hydroxyl groups is 1. The summed E-state index contributed by atoms with van der Waals surface area (Å²) in [5, 5.41) is 9.24. The molecule has 0 unspecified atom stereocenters. The van der Waals surface area contributed by atoms with Crippen molar-refractivity contribution in [2.45, 2.75) is 6.18 Å². The van der Waals surface area contributed by atoms with Crippen molar-refractivity contribution in [1.82, 2.24) is 4.98 Å². The van der Waals surface area contributed by atoms with Gasteiger partial charge in [0, 0.05) is 11.6 Å². The van der Waals surface area contributed by atoms with Gasteiger partial charge in [0.25, 0.3) is 0 Å². The predicted molar refractivity (Wildman–Crippen MR) is 48.4 cm³/mol. The van der Waals surface area contributed by atoms with E-state index in [0.717, 1.165) is 12.3 Å². The Morgan fingerprint density at radius 1 is 1.13 bits per heavy atom. The van der Waals surface area contributed by atoms with E-state index in [-0.39, 0.29) is 16.7 Å². The molecule has 0 bridgehead atoms. The van der Waals surface area contributed by atoms with Crippen LogP contribution in [0.1, 0.15) is 5.56 Å². The lowest BCUT2D eigenvalue weighted by Crippen LogP contribution is -2.05. The number of phenolic OH excluding ortho intramolecular Hbond substituents is 1. The highest BCUT2D eigenvalue weighted by Crippen LogP contribution is 2.35. The maximum absolute atomic E-state index is 12.5. The number of hydrogen-bond donors (Lipinski definition) is 1. The van der Waals surface area contributed by atoms with E-state index in [0.29, 0.717) is 0 Å². The van der Waals surface area contributed by atoms with Gasteiger partial charge in [-0.2, -0.15) is 13.2 Å². The van der Waals surface area contributed by atoms with Crippen LogP contribution in [-0.4, -0.2) is 10.1 Å². The highest BCUT2D eigenvalue weighted by Gasteiger charge is 2.32. The van der Waals surface area contributed by atoms with E-state index in [4.69, 9.17) is 0 Å². The van der Waals surface area contributed by atoms with Crippen LogP contribution in [0, 0.1) is 0 Å². The minimum Gasteiger partial charge on any atom is -0.506 e. The van der Waals surface area contributed by atoms with Gasteiger partial charge in [-0.3, -0.25) is 4.98 Å². The van der Waals surface area contributed by atoms with Crippen LogP contribution >= 0.6 is 0 Å². The number of alkyl halides is 3. The minimum atomic E-state index is -4.44. The van der Waals surface area contributed by atoms with Crippen LogP contribution in [0.15, 0.2) is 30.5 Å². The SMILES string of the molecule is Oc1cccc2c(C(F)(F)F)ccnc12. The highest BCUT2D eigenvalue weighted by molar-refractivity contribution is 5.87. The van der Waals surface area contributed by atoms with Crippen molar-refractivity contribution >= 4 is 10.9 Å². The first-order valence-corrected chi connectivity index (χ1v) is 4.14. The molecule has 0 fully saturated rings. The van der Waals surface area contributed by atoms with Crippen molar-refractivity contribution in [2.24, 2.45) is 0 Å². The Morgan fingerprint density at radius 3 is 2.53 bits per heavy atom. The molecule has 2 nitrogen and oxygen atoms in total. The minimum absolute atomic E-state index is 0.0349. The number of fused-ring (bicyclic) bond motifs is 1. The van der Waals surface area contributed by atoms with E-state index in [9.17, 15) is 18.3 Å². The second-order valence-corrected chi connectivity index (χ2v) is 3.03. The molecule has 0 atom stereocenters. The Balaban J connectivity index is 2.83. The van der Waals surface area contributed by atoms with E-state index in [1.165, 1.54) is 18.2 Å². The second-order valence-electron chi connectivity index (χ2n) is 3.03. The smallest absolute Gasteiger partial charge is 0.417 e. The van der Waals surface area contributed by atoms with Gasteiger partial charge in [0.15, 0.2) is 0 Å². The summed E-state index contributed by atoms with van der Waals surface area (Å²) in [4.78, 5) is 3.70. The maximum atomic E-state index is 12.5. The van der Waals surface area contributed by atoms with Crippen LogP contribution in [0.25, 0.3) is 10.9 Å². The van der Waals surface area contributed by atoms with Crippen molar-refractivity contribution in [3.8, 4) is 5.75 Å². The van der Waals surface area contributed by atoms with Crippen molar-refractivity contribution in [3.63, 3.8) is 0 Å². The molecular weight excluding hydrogens is 207 g/mol. The molecule has 15 heavy (non-hydrogen) atoms. The van der Waals surface area contributed by atoms with Gasteiger partial charge in [-0.15, -0.1) is 0 Å². The van der Waals surface area contributed by atoms with Crippen molar-refractivity contribution in [2.75, 3.05) is 0 Å². The van der Waals surface area contributed by atoms with Crippen LogP contribution in [0.4, 0.5) is 13.2 Å². The fourth-order valence-corrected chi connectivity index (χ4v) is 1.41. The van der Waals surface area contributed by atoms with Gasteiger partial charge in [-0.1, -0.05) is 12.1 Å². The number of halogens is 3. The summed E-state index contributed by atoms with van der Waals surface area (Å²) in [5.74, 6) is -0.251. The molecular formula is C10H6F3NO. The van der Waals surface area contributed by atoms with E-state index in [1.54, 1.807) is 0 Å². The Hall–Kier alpha value is -1.78. The van der Waals surface area contributed by atoms with Gasteiger partial charge < -0.3 is 5.11 Å². The topological polar surface area (TPSA) is 33.1 Å². The van der Waals surface area contributed by atoms with Crippen LogP contribution in [0.5, 0.6) is 5.75 Å².